The van der Waals surface area contributed by atoms with Crippen molar-refractivity contribution in [2.24, 2.45) is 0 Å². The number of nitrogens with one attached hydrogen (secondary N) is 5. The minimum absolute atomic E-state index is 0. The Balaban J connectivity index is -0.00000512. The van der Waals surface area contributed by atoms with Gasteiger partial charge in [0.25, 0.3) is 0 Å². The molecule has 35 heavy (non-hydrogen) atoms. The van der Waals surface area contributed by atoms with E-state index >= 15 is 0 Å². The van der Waals surface area contributed by atoms with Gasteiger partial charge in [-0.25, -0.2) is 0 Å². The molecule has 0 spiro atoms. The van der Waals surface area contributed by atoms with Crippen molar-refractivity contribution in [1.29, 1.82) is 0 Å². The van der Waals surface area contributed by atoms with E-state index in [1.54, 1.807) is 0 Å². The Bertz CT molecular complexity index is 687. The van der Waals surface area contributed by atoms with Crippen LogP contribution in [-0.4, -0.2) is 97.3 Å². The van der Waals surface area contributed by atoms with Crippen molar-refractivity contribution in [3.63, 3.8) is 0 Å². The molecular weight excluding hydrogens is 528 g/mol. The van der Waals surface area contributed by atoms with Crippen LogP contribution in [0.25, 0.3) is 0 Å². The number of carbonyl (C=O) groups excluding carboxylic acids is 3. The third-order valence-electron chi connectivity index (χ3n) is 3.83. The van der Waals surface area contributed by atoms with E-state index in [2.05, 4.69) is 26.6 Å². The Hall–Kier alpha value is 0.590. The molecule has 0 saturated heterocycles. The summed E-state index contributed by atoms with van der Waals surface area (Å²) in [7, 11) is -9.80. The molecule has 0 aliphatic rings. The smallest absolute Gasteiger partial charge is 0.778 e. The van der Waals surface area contributed by atoms with Crippen LogP contribution in [0.1, 0.15) is 19.8 Å². The maximum Gasteiger partial charge on any atom is 1.00 e. The molecule has 7 N–H and O–H groups in total. The first kappa shape index (κ1) is 40.1. The Kier molecular flexibility index (Phi) is 25.8. The van der Waals surface area contributed by atoms with Gasteiger partial charge in [0.2, 0.25) is 17.7 Å². The van der Waals surface area contributed by atoms with Crippen molar-refractivity contribution < 1.29 is 102 Å². The Morgan fingerprint density at radius 1 is 0.714 bits per heavy atom. The van der Waals surface area contributed by atoms with Crippen LogP contribution < -0.4 is 95.5 Å². The second-order valence-corrected chi connectivity index (χ2v) is 10.2. The number of amides is 3. The largest absolute Gasteiger partial charge is 1.00 e. The number of nitrogens with zero attached hydrogens (tertiary/aromatic N) is 1. The molecule has 2 unspecified atom stereocenters. The molecule has 0 fully saturated rings. The SMILES string of the molecule is CCNCCC(=O)NCCNCCC(=O)NCCNC(=O)CN(CP(=O)([O-])O)CP(=O)([O-])O.[Na+].[Na+]. The third-order valence-corrected chi connectivity index (χ3v) is 5.34. The van der Waals surface area contributed by atoms with Gasteiger partial charge in [-0.2, -0.15) is 0 Å². The van der Waals surface area contributed by atoms with E-state index in [1.165, 1.54) is 0 Å². The molecule has 0 aromatic carbocycles. The average molecular weight is 562 g/mol. The summed E-state index contributed by atoms with van der Waals surface area (Å²) in [5.41, 5.74) is 0. The summed E-state index contributed by atoms with van der Waals surface area (Å²) in [4.78, 5) is 75.1. The standard InChI is InChI=1S/C16H36N6O9P2.2Na/c1-2-17-5-3-14(23)19-8-7-18-6-4-15(24)20-9-10-21-16(25)11-22(12-32(26,27)28)13-33(29,30)31;;/h17-18H,2-13H2,1H3,(H,19,23)(H,20,24)(H,21,25)(H2,26,27,28)(H2,29,30,31);;/q;2*+1/p-2. The van der Waals surface area contributed by atoms with Gasteiger partial charge >= 0.3 is 59.1 Å². The van der Waals surface area contributed by atoms with E-state index in [-0.39, 0.29) is 90.4 Å². The topological polar surface area (TPSA) is 235 Å². The van der Waals surface area contributed by atoms with E-state index in [4.69, 9.17) is 9.79 Å². The molecule has 0 bridgehead atoms. The minimum Gasteiger partial charge on any atom is -0.778 e. The fourth-order valence-corrected chi connectivity index (χ4v) is 4.05. The van der Waals surface area contributed by atoms with E-state index in [0.717, 1.165) is 6.54 Å². The van der Waals surface area contributed by atoms with Crippen LogP contribution in [0.15, 0.2) is 0 Å². The first-order valence-electron chi connectivity index (χ1n) is 10.3. The predicted molar refractivity (Wildman–Crippen MR) is 116 cm³/mol. The molecule has 2 atom stereocenters. The Morgan fingerprint density at radius 3 is 1.54 bits per heavy atom. The Morgan fingerprint density at radius 2 is 1.11 bits per heavy atom. The normalized spacial score (nSPS) is 14.0. The van der Waals surface area contributed by atoms with Crippen LogP contribution >= 0.6 is 15.2 Å². The summed E-state index contributed by atoms with van der Waals surface area (Å²) in [6.07, 6.45) is -1.69. The molecule has 19 heteroatoms. The summed E-state index contributed by atoms with van der Waals surface area (Å²) in [6, 6.07) is 0. The van der Waals surface area contributed by atoms with Gasteiger partial charge in [-0.3, -0.25) is 19.3 Å². The minimum atomic E-state index is -4.90. The number of hydrogen-bond donors (Lipinski definition) is 7. The van der Waals surface area contributed by atoms with Gasteiger partial charge < -0.3 is 55.3 Å². The first-order valence-corrected chi connectivity index (χ1v) is 13.8. The summed E-state index contributed by atoms with van der Waals surface area (Å²) in [5, 5.41) is 13.7. The number of hydrogen-bond acceptors (Lipinski definition) is 10. The van der Waals surface area contributed by atoms with Gasteiger partial charge in [-0.15, -0.1) is 0 Å². The molecule has 15 nitrogen and oxygen atoms in total. The van der Waals surface area contributed by atoms with Gasteiger partial charge in [0.1, 0.15) is 15.2 Å². The summed E-state index contributed by atoms with van der Waals surface area (Å²) >= 11 is 0. The van der Waals surface area contributed by atoms with E-state index in [1.807, 2.05) is 6.92 Å². The number of carbonyl (C=O) groups is 3. The molecule has 0 saturated carbocycles. The fraction of sp³-hybridized carbons (Fsp3) is 0.812. The van der Waals surface area contributed by atoms with Crippen LogP contribution in [0.2, 0.25) is 0 Å². The molecule has 0 rings (SSSR count). The third kappa shape index (κ3) is 29.0. The zero-order chi connectivity index (χ0) is 25.3. The molecule has 0 aromatic heterocycles. The molecule has 0 aromatic rings. The van der Waals surface area contributed by atoms with E-state index in [0.29, 0.717) is 37.5 Å². The first-order chi connectivity index (χ1) is 15.3. The van der Waals surface area contributed by atoms with Crippen LogP contribution in [0.4, 0.5) is 0 Å². The van der Waals surface area contributed by atoms with Crippen molar-refractivity contribution in [1.82, 2.24) is 31.5 Å². The molecule has 0 aliphatic carbocycles. The van der Waals surface area contributed by atoms with Crippen molar-refractivity contribution in [2.75, 3.05) is 64.9 Å². The monoisotopic (exact) mass is 562 g/mol. The summed E-state index contributed by atoms with van der Waals surface area (Å²) in [5.74, 6) is -1.11. The zero-order valence-electron chi connectivity index (χ0n) is 20.6. The van der Waals surface area contributed by atoms with E-state index in [9.17, 15) is 33.3 Å². The van der Waals surface area contributed by atoms with Crippen LogP contribution in [0.3, 0.4) is 0 Å². The molecule has 3 amide bonds. The van der Waals surface area contributed by atoms with Crippen molar-refractivity contribution in [3.05, 3.63) is 0 Å². The second-order valence-electron chi connectivity index (χ2n) is 7.04. The second kappa shape index (κ2) is 22.6. The number of rotatable bonds is 19. The summed E-state index contributed by atoms with van der Waals surface area (Å²) < 4.78 is 21.9. The molecule has 0 heterocycles. The van der Waals surface area contributed by atoms with Crippen molar-refractivity contribution in [2.45, 2.75) is 19.8 Å². The summed E-state index contributed by atoms with van der Waals surface area (Å²) in [6.45, 7) is 4.05. The quantitative estimate of drug-likeness (QED) is 0.0442. The molecule has 0 aliphatic heterocycles. The van der Waals surface area contributed by atoms with Gasteiger partial charge in [0.15, 0.2) is 0 Å². The van der Waals surface area contributed by atoms with E-state index < -0.39 is 40.2 Å². The Labute approximate surface area is 249 Å². The van der Waals surface area contributed by atoms with Gasteiger partial charge in [-0.1, -0.05) is 6.92 Å². The maximum atomic E-state index is 11.8. The predicted octanol–water partition coefficient (Wildman–Crippen LogP) is -10.4. The van der Waals surface area contributed by atoms with Crippen molar-refractivity contribution >= 4 is 32.9 Å². The van der Waals surface area contributed by atoms with Gasteiger partial charge in [0.05, 0.1) is 19.1 Å². The van der Waals surface area contributed by atoms with Gasteiger partial charge in [0, 0.05) is 52.1 Å². The maximum absolute atomic E-state index is 11.8. The molecular formula is C16H34N6Na2O9P2. The van der Waals surface area contributed by atoms with Crippen molar-refractivity contribution in [3.8, 4) is 0 Å². The zero-order valence-corrected chi connectivity index (χ0v) is 26.4. The van der Waals surface area contributed by atoms with Crippen LogP contribution in [-0.2, 0) is 23.5 Å². The fourth-order valence-electron chi connectivity index (χ4n) is 2.49. The van der Waals surface area contributed by atoms with Crippen LogP contribution in [0, 0.1) is 0 Å². The molecule has 194 valence electrons. The van der Waals surface area contributed by atoms with Crippen LogP contribution in [0.5, 0.6) is 0 Å². The van der Waals surface area contributed by atoms with Gasteiger partial charge in [-0.05, 0) is 6.54 Å². The average Bonchev–Trinajstić information content (AvgIpc) is 2.65. The molecule has 0 radical (unpaired) electrons.